The zero-order valence-corrected chi connectivity index (χ0v) is 20.8. The van der Waals surface area contributed by atoms with E-state index in [-0.39, 0.29) is 12.3 Å². The average molecular weight is 499 g/mol. The van der Waals surface area contributed by atoms with Gasteiger partial charge < -0.3 is 14.6 Å². The molecule has 0 fully saturated rings. The number of nitrogens with one attached hydrogen (secondary N) is 1. The number of carbonyl (C=O) groups excluding carboxylic acids is 1. The number of anilines is 1. The van der Waals surface area contributed by atoms with Crippen molar-refractivity contribution in [2.75, 3.05) is 5.32 Å². The number of benzene rings is 2. The molecule has 0 saturated carbocycles. The van der Waals surface area contributed by atoms with Crippen molar-refractivity contribution in [1.82, 2.24) is 14.9 Å². The highest BCUT2D eigenvalue weighted by Gasteiger charge is 2.23. The van der Waals surface area contributed by atoms with Crippen LogP contribution in [-0.2, 0) is 13.2 Å². The fourth-order valence-electron chi connectivity index (χ4n) is 3.62. The van der Waals surface area contributed by atoms with E-state index in [4.69, 9.17) is 32.5 Å². The van der Waals surface area contributed by atoms with Gasteiger partial charge in [-0.05, 0) is 57.0 Å². The summed E-state index contributed by atoms with van der Waals surface area (Å²) in [6.07, 6.45) is 0. The Morgan fingerprint density at radius 1 is 1.12 bits per heavy atom. The van der Waals surface area contributed by atoms with E-state index in [1.807, 2.05) is 51.1 Å². The van der Waals surface area contributed by atoms with E-state index in [1.54, 1.807) is 23.7 Å². The molecule has 0 radical (unpaired) electrons. The molecule has 4 aromatic rings. The molecule has 34 heavy (non-hydrogen) atoms. The fraction of sp³-hybridized carbons (Fsp3) is 0.240. The summed E-state index contributed by atoms with van der Waals surface area (Å²) in [7, 11) is 0. The van der Waals surface area contributed by atoms with Gasteiger partial charge in [-0.25, -0.2) is 0 Å². The Morgan fingerprint density at radius 3 is 2.62 bits per heavy atom. The van der Waals surface area contributed by atoms with Gasteiger partial charge in [-0.1, -0.05) is 52.6 Å². The lowest BCUT2D eigenvalue weighted by molar-refractivity contribution is 0.101. The van der Waals surface area contributed by atoms with Crippen molar-refractivity contribution in [2.24, 2.45) is 0 Å². The second kappa shape index (κ2) is 9.91. The minimum Gasteiger partial charge on any atom is -0.488 e. The molecule has 0 saturated heterocycles. The maximum Gasteiger partial charge on any atom is 0.278 e. The van der Waals surface area contributed by atoms with Crippen LogP contribution in [0.15, 0.2) is 47.0 Å². The Balaban J connectivity index is 1.53. The van der Waals surface area contributed by atoms with Gasteiger partial charge in [0.2, 0.25) is 0 Å². The molecule has 0 spiro atoms. The smallest absolute Gasteiger partial charge is 0.278 e. The summed E-state index contributed by atoms with van der Waals surface area (Å²) in [5.74, 6) is 0.874. The van der Waals surface area contributed by atoms with Crippen molar-refractivity contribution in [3.8, 4) is 5.75 Å². The molecule has 9 heteroatoms. The molecule has 0 aliphatic rings. The van der Waals surface area contributed by atoms with Gasteiger partial charge in [0, 0.05) is 10.0 Å². The summed E-state index contributed by atoms with van der Waals surface area (Å²) in [5.41, 5.74) is 4.72. The van der Waals surface area contributed by atoms with Crippen LogP contribution in [0.2, 0.25) is 10.0 Å². The third-order valence-corrected chi connectivity index (χ3v) is 6.21. The van der Waals surface area contributed by atoms with E-state index in [1.165, 1.54) is 0 Å². The number of amides is 1. The second-order valence-electron chi connectivity index (χ2n) is 8.01. The summed E-state index contributed by atoms with van der Waals surface area (Å²) >= 11 is 12.3. The number of aryl methyl sites for hydroxylation is 3. The first-order valence-electron chi connectivity index (χ1n) is 10.7. The monoisotopic (exact) mass is 498 g/mol. The summed E-state index contributed by atoms with van der Waals surface area (Å²) in [4.78, 5) is 13.1. The molecule has 176 valence electrons. The standard InChI is InChI=1S/C25H24Cl2N4O3/c1-14-7-5-6-8-22(14)33-13-20-17(4)34-30-24(20)25(32)28-23-15(2)29-31(16(23)3)12-18-9-10-19(26)11-21(18)27/h5-11H,12-13H2,1-4H3,(H,28,32). The van der Waals surface area contributed by atoms with E-state index >= 15 is 0 Å². The highest BCUT2D eigenvalue weighted by atomic mass is 35.5. The van der Waals surface area contributed by atoms with Crippen LogP contribution in [0.5, 0.6) is 5.75 Å². The van der Waals surface area contributed by atoms with Crippen LogP contribution in [0.1, 0.15) is 44.3 Å². The molecule has 0 bridgehead atoms. The maximum atomic E-state index is 13.1. The lowest BCUT2D eigenvalue weighted by Crippen LogP contribution is -2.16. The largest absolute Gasteiger partial charge is 0.488 e. The van der Waals surface area contributed by atoms with Crippen molar-refractivity contribution < 1.29 is 14.1 Å². The highest BCUT2D eigenvalue weighted by molar-refractivity contribution is 6.35. The van der Waals surface area contributed by atoms with Crippen LogP contribution >= 0.6 is 23.2 Å². The van der Waals surface area contributed by atoms with Gasteiger partial charge in [0.25, 0.3) is 5.91 Å². The molecular formula is C25H24Cl2N4O3. The lowest BCUT2D eigenvalue weighted by atomic mass is 10.2. The predicted molar refractivity (Wildman–Crippen MR) is 132 cm³/mol. The minimum absolute atomic E-state index is 0.162. The van der Waals surface area contributed by atoms with Crippen LogP contribution in [0.3, 0.4) is 0 Å². The Morgan fingerprint density at radius 2 is 1.88 bits per heavy atom. The molecular weight excluding hydrogens is 475 g/mol. The summed E-state index contributed by atoms with van der Waals surface area (Å²) in [6.45, 7) is 8.04. The predicted octanol–water partition coefficient (Wildman–Crippen LogP) is 6.29. The number of para-hydroxylation sites is 1. The zero-order valence-electron chi connectivity index (χ0n) is 19.3. The van der Waals surface area contributed by atoms with Gasteiger partial charge in [0.05, 0.1) is 29.2 Å². The zero-order chi connectivity index (χ0) is 24.4. The fourth-order valence-corrected chi connectivity index (χ4v) is 4.09. The van der Waals surface area contributed by atoms with Gasteiger partial charge >= 0.3 is 0 Å². The first kappa shape index (κ1) is 23.9. The second-order valence-corrected chi connectivity index (χ2v) is 8.86. The van der Waals surface area contributed by atoms with E-state index in [0.29, 0.717) is 39.3 Å². The molecule has 2 aromatic heterocycles. The number of aromatic nitrogens is 3. The average Bonchev–Trinajstić information content (AvgIpc) is 3.29. The van der Waals surface area contributed by atoms with Crippen LogP contribution < -0.4 is 10.1 Å². The number of rotatable bonds is 7. The van der Waals surface area contributed by atoms with Crippen LogP contribution in [0, 0.1) is 27.7 Å². The Hall–Kier alpha value is -3.29. The molecule has 0 unspecified atom stereocenters. The Kier molecular flexibility index (Phi) is 6.95. The third kappa shape index (κ3) is 4.95. The van der Waals surface area contributed by atoms with Gasteiger partial charge in [0.1, 0.15) is 18.1 Å². The van der Waals surface area contributed by atoms with Gasteiger partial charge in [-0.15, -0.1) is 0 Å². The summed E-state index contributed by atoms with van der Waals surface area (Å²) < 4.78 is 13.0. The number of nitrogens with zero attached hydrogens (tertiary/aromatic N) is 3. The topological polar surface area (TPSA) is 82.2 Å². The van der Waals surface area contributed by atoms with Crippen molar-refractivity contribution in [1.29, 1.82) is 0 Å². The summed E-state index contributed by atoms with van der Waals surface area (Å²) in [5, 5.41) is 12.6. The van der Waals surface area contributed by atoms with Crippen molar-refractivity contribution in [3.63, 3.8) is 0 Å². The Bertz CT molecular complexity index is 1360. The molecule has 1 amide bonds. The normalized spacial score (nSPS) is 11.0. The van der Waals surface area contributed by atoms with Crippen LogP contribution in [0.25, 0.3) is 0 Å². The van der Waals surface area contributed by atoms with Crippen LogP contribution in [0.4, 0.5) is 5.69 Å². The molecule has 2 aromatic carbocycles. The molecule has 2 heterocycles. The Labute approximate surface area is 207 Å². The molecule has 0 aliphatic carbocycles. The number of ether oxygens (including phenoxy) is 1. The van der Waals surface area contributed by atoms with Gasteiger partial charge in [-0.3, -0.25) is 9.48 Å². The third-order valence-electron chi connectivity index (χ3n) is 5.62. The van der Waals surface area contributed by atoms with E-state index < -0.39 is 5.91 Å². The summed E-state index contributed by atoms with van der Waals surface area (Å²) in [6, 6.07) is 13.0. The van der Waals surface area contributed by atoms with E-state index in [9.17, 15) is 4.79 Å². The molecule has 1 N–H and O–H groups in total. The van der Waals surface area contributed by atoms with Crippen molar-refractivity contribution in [2.45, 2.75) is 40.8 Å². The van der Waals surface area contributed by atoms with Gasteiger partial charge in [-0.2, -0.15) is 5.10 Å². The first-order valence-corrected chi connectivity index (χ1v) is 11.4. The first-order chi connectivity index (χ1) is 16.2. The maximum absolute atomic E-state index is 13.1. The molecule has 0 atom stereocenters. The molecule has 4 rings (SSSR count). The quantitative estimate of drug-likeness (QED) is 0.323. The number of hydrogen-bond donors (Lipinski definition) is 1. The van der Waals surface area contributed by atoms with Crippen LogP contribution in [-0.4, -0.2) is 20.8 Å². The van der Waals surface area contributed by atoms with Crippen molar-refractivity contribution in [3.05, 3.63) is 92.0 Å². The van der Waals surface area contributed by atoms with E-state index in [2.05, 4.69) is 15.6 Å². The SMILES string of the molecule is Cc1ccccc1OCc1c(C(=O)Nc2c(C)nn(Cc3ccc(Cl)cc3Cl)c2C)noc1C. The minimum atomic E-state index is -0.393. The number of hydrogen-bond acceptors (Lipinski definition) is 5. The molecule has 0 aliphatic heterocycles. The van der Waals surface area contributed by atoms with Crippen molar-refractivity contribution >= 4 is 34.8 Å². The number of halogens is 2. The molecule has 7 nitrogen and oxygen atoms in total. The van der Waals surface area contributed by atoms with E-state index in [0.717, 1.165) is 22.6 Å². The van der Waals surface area contributed by atoms with Gasteiger partial charge in [0.15, 0.2) is 5.69 Å². The number of carbonyl (C=O) groups is 1. The highest BCUT2D eigenvalue weighted by Crippen LogP contribution is 2.26. The lowest BCUT2D eigenvalue weighted by Gasteiger charge is -2.10.